The molecule has 0 unspecified atom stereocenters. The first kappa shape index (κ1) is 20.9. The highest BCUT2D eigenvalue weighted by Gasteiger charge is 2.25. The molecule has 4 rings (SSSR count). The van der Waals surface area contributed by atoms with Crippen LogP contribution in [-0.4, -0.2) is 54.1 Å². The minimum Gasteiger partial charge on any atom is -0.378 e. The van der Waals surface area contributed by atoms with E-state index in [-0.39, 0.29) is 5.71 Å². The van der Waals surface area contributed by atoms with Gasteiger partial charge in [0.2, 0.25) is 0 Å². The lowest BCUT2D eigenvalue weighted by atomic mass is 10.0. The van der Waals surface area contributed by atoms with Gasteiger partial charge in [-0.15, -0.1) is 0 Å². The fourth-order valence-corrected chi connectivity index (χ4v) is 3.56. The molecule has 0 spiro atoms. The van der Waals surface area contributed by atoms with Gasteiger partial charge in [-0.2, -0.15) is 0 Å². The summed E-state index contributed by atoms with van der Waals surface area (Å²) in [5, 5.41) is 18.3. The molecule has 2 aromatic rings. The average Bonchev–Trinajstić information content (AvgIpc) is 3.64. The number of benzene rings is 1. The molecule has 0 atom stereocenters. The van der Waals surface area contributed by atoms with Crippen LogP contribution >= 0.6 is 0 Å². The van der Waals surface area contributed by atoms with Gasteiger partial charge in [0.05, 0.1) is 18.9 Å². The summed E-state index contributed by atoms with van der Waals surface area (Å²) < 4.78 is 5.42. The van der Waals surface area contributed by atoms with Gasteiger partial charge in [0.25, 0.3) is 5.91 Å². The summed E-state index contributed by atoms with van der Waals surface area (Å²) in [4.78, 5) is 23.5. The molecule has 2 fully saturated rings. The molecule has 8 heteroatoms. The molecule has 1 saturated heterocycles. The van der Waals surface area contributed by atoms with E-state index in [0.717, 1.165) is 54.1 Å². The molecule has 1 amide bonds. The van der Waals surface area contributed by atoms with Crippen molar-refractivity contribution in [3.63, 3.8) is 0 Å². The Bertz CT molecular complexity index is 1040. The second-order valence-electron chi connectivity index (χ2n) is 7.82. The van der Waals surface area contributed by atoms with Crippen molar-refractivity contribution in [2.45, 2.75) is 19.8 Å². The number of anilines is 2. The van der Waals surface area contributed by atoms with Crippen LogP contribution in [0.1, 0.15) is 18.4 Å². The quantitative estimate of drug-likeness (QED) is 0.597. The van der Waals surface area contributed by atoms with Crippen molar-refractivity contribution >= 4 is 29.3 Å². The second-order valence-corrected chi connectivity index (χ2v) is 7.82. The first-order valence-electron chi connectivity index (χ1n) is 10.4. The Kier molecular flexibility index (Phi) is 6.18. The first-order chi connectivity index (χ1) is 15.0. The summed E-state index contributed by atoms with van der Waals surface area (Å²) >= 11 is 0. The van der Waals surface area contributed by atoms with Crippen LogP contribution in [0.2, 0.25) is 0 Å². The van der Waals surface area contributed by atoms with Gasteiger partial charge < -0.3 is 20.4 Å². The molecule has 2 aliphatic rings. The van der Waals surface area contributed by atoms with Crippen LogP contribution in [-0.2, 0) is 9.53 Å². The maximum absolute atomic E-state index is 12.5. The van der Waals surface area contributed by atoms with Gasteiger partial charge in [0.1, 0.15) is 17.9 Å². The van der Waals surface area contributed by atoms with E-state index in [0.29, 0.717) is 24.8 Å². The van der Waals surface area contributed by atoms with Crippen molar-refractivity contribution < 1.29 is 9.53 Å². The van der Waals surface area contributed by atoms with Crippen molar-refractivity contribution in [2.24, 2.45) is 5.92 Å². The molecule has 8 nitrogen and oxygen atoms in total. The molecule has 1 aromatic heterocycles. The van der Waals surface area contributed by atoms with Crippen LogP contribution in [0.25, 0.3) is 11.3 Å². The van der Waals surface area contributed by atoms with E-state index in [1.165, 1.54) is 12.3 Å². The maximum Gasteiger partial charge on any atom is 0.273 e. The summed E-state index contributed by atoms with van der Waals surface area (Å²) in [5.41, 5.74) is 3.89. The predicted octanol–water partition coefficient (Wildman–Crippen LogP) is 3.23. The van der Waals surface area contributed by atoms with Gasteiger partial charge in [-0.3, -0.25) is 10.2 Å². The number of hydrogen-bond donors (Lipinski definition) is 3. The first-order valence-corrected chi connectivity index (χ1v) is 10.4. The summed E-state index contributed by atoms with van der Waals surface area (Å²) in [6, 6.07) is 7.56. The zero-order valence-electron chi connectivity index (χ0n) is 17.5. The smallest absolute Gasteiger partial charge is 0.273 e. The Balaban J connectivity index is 1.53. The molecule has 1 aliphatic heterocycles. The van der Waals surface area contributed by atoms with Crippen LogP contribution in [0.15, 0.2) is 42.2 Å². The normalized spacial score (nSPS) is 16.7. The van der Waals surface area contributed by atoms with E-state index in [1.807, 2.05) is 31.2 Å². The van der Waals surface area contributed by atoms with Crippen LogP contribution in [0.5, 0.6) is 0 Å². The van der Waals surface area contributed by atoms with Gasteiger partial charge in [-0.1, -0.05) is 6.07 Å². The zero-order chi connectivity index (χ0) is 21.8. The van der Waals surface area contributed by atoms with Crippen LogP contribution in [0.3, 0.4) is 0 Å². The fourth-order valence-electron chi connectivity index (χ4n) is 3.56. The number of hydrogen-bond acceptors (Lipinski definition) is 7. The highest BCUT2D eigenvalue weighted by Crippen LogP contribution is 2.35. The number of aromatic nitrogens is 2. The molecule has 1 aliphatic carbocycles. The molecular weight excluding hydrogens is 392 g/mol. The highest BCUT2D eigenvalue weighted by atomic mass is 16.5. The SMILES string of the molecule is Cc1ccc(NC(=O)C(=N)/C=C(\C=N)C2CC2)cc1-c1cc(N2CCOCC2)ncn1. The predicted molar refractivity (Wildman–Crippen MR) is 121 cm³/mol. The van der Waals surface area contributed by atoms with Crippen molar-refractivity contribution in [3.8, 4) is 11.3 Å². The van der Waals surface area contributed by atoms with E-state index in [9.17, 15) is 4.79 Å². The molecule has 0 radical (unpaired) electrons. The van der Waals surface area contributed by atoms with Crippen molar-refractivity contribution in [3.05, 3.63) is 47.8 Å². The van der Waals surface area contributed by atoms with Crippen molar-refractivity contribution in [1.29, 1.82) is 10.8 Å². The Labute approximate surface area is 181 Å². The Morgan fingerprint density at radius 3 is 2.71 bits per heavy atom. The summed E-state index contributed by atoms with van der Waals surface area (Å²) in [6.45, 7) is 4.94. The lowest BCUT2D eigenvalue weighted by Gasteiger charge is -2.27. The maximum atomic E-state index is 12.5. The topological polar surface area (TPSA) is 115 Å². The van der Waals surface area contributed by atoms with E-state index in [1.54, 1.807) is 6.33 Å². The van der Waals surface area contributed by atoms with Crippen LogP contribution in [0, 0.1) is 23.7 Å². The molecule has 1 aromatic carbocycles. The average molecular weight is 419 g/mol. The van der Waals surface area contributed by atoms with E-state index in [4.69, 9.17) is 15.6 Å². The molecule has 2 heterocycles. The van der Waals surface area contributed by atoms with Gasteiger partial charge >= 0.3 is 0 Å². The fraction of sp³-hybridized carbons (Fsp3) is 0.348. The number of nitrogens with one attached hydrogen (secondary N) is 3. The van der Waals surface area contributed by atoms with Crippen molar-refractivity contribution in [1.82, 2.24) is 9.97 Å². The standard InChI is InChI=1S/C23H26N6O2/c1-15-2-5-18(28-23(30)20(25)10-17(13-24)16-3-4-16)11-19(15)21-12-22(27-14-26-21)29-6-8-31-9-7-29/h2,5,10-14,16,24-25H,3-4,6-9H2,1H3,(H,28,30)/b17-10+,24-13?,25-20?. The summed E-state index contributed by atoms with van der Waals surface area (Å²) in [6.07, 6.45) is 6.33. The van der Waals surface area contributed by atoms with E-state index < -0.39 is 5.91 Å². The highest BCUT2D eigenvalue weighted by molar-refractivity contribution is 6.46. The minimum atomic E-state index is -0.494. The number of aryl methyl sites for hydroxylation is 1. The molecule has 31 heavy (non-hydrogen) atoms. The number of ether oxygens (including phenoxy) is 1. The van der Waals surface area contributed by atoms with Gasteiger partial charge in [-0.05, 0) is 55.0 Å². The summed E-state index contributed by atoms with van der Waals surface area (Å²) in [7, 11) is 0. The largest absolute Gasteiger partial charge is 0.378 e. The number of morpholine rings is 1. The number of amides is 1. The third kappa shape index (κ3) is 5.03. The number of carbonyl (C=O) groups excluding carboxylic acids is 1. The van der Waals surface area contributed by atoms with Gasteiger partial charge in [0, 0.05) is 36.6 Å². The molecule has 3 N–H and O–H groups in total. The number of carbonyl (C=O) groups is 1. The minimum absolute atomic E-state index is 0.149. The molecule has 0 bridgehead atoms. The Hall–Kier alpha value is -3.39. The van der Waals surface area contributed by atoms with Gasteiger partial charge in [-0.25, -0.2) is 9.97 Å². The third-order valence-corrected chi connectivity index (χ3v) is 5.53. The Morgan fingerprint density at radius 1 is 1.23 bits per heavy atom. The Morgan fingerprint density at radius 2 is 2.00 bits per heavy atom. The molecular formula is C23H26N6O2. The number of allylic oxidation sites excluding steroid dienone is 1. The van der Waals surface area contributed by atoms with Crippen LogP contribution in [0.4, 0.5) is 11.5 Å². The molecule has 160 valence electrons. The lowest BCUT2D eigenvalue weighted by molar-refractivity contribution is -0.110. The number of rotatable bonds is 7. The zero-order valence-corrected chi connectivity index (χ0v) is 17.5. The monoisotopic (exact) mass is 418 g/mol. The summed E-state index contributed by atoms with van der Waals surface area (Å²) in [5.74, 6) is 0.676. The number of nitrogens with zero attached hydrogens (tertiary/aromatic N) is 3. The second kappa shape index (κ2) is 9.18. The van der Waals surface area contributed by atoms with Crippen molar-refractivity contribution in [2.75, 3.05) is 36.5 Å². The lowest BCUT2D eigenvalue weighted by Crippen LogP contribution is -2.36. The van der Waals surface area contributed by atoms with Gasteiger partial charge in [0.15, 0.2) is 0 Å². The third-order valence-electron chi connectivity index (χ3n) is 5.53. The van der Waals surface area contributed by atoms with E-state index >= 15 is 0 Å². The van der Waals surface area contributed by atoms with Crippen LogP contribution < -0.4 is 10.2 Å². The molecule has 1 saturated carbocycles. The van der Waals surface area contributed by atoms with E-state index in [2.05, 4.69) is 20.2 Å².